The molecule has 0 aliphatic rings. The molecule has 4 aromatic rings. The SMILES string of the molecule is OB(O)c1ccc2c(c1)cc(-c1ccccc1)n2-c1c(O)c(O)c(O)c(O)c1O. The summed E-state index contributed by atoms with van der Waals surface area (Å²) in [5.41, 5.74) is 1.48. The molecule has 1 aromatic heterocycles. The van der Waals surface area contributed by atoms with Gasteiger partial charge in [-0.3, -0.25) is 0 Å². The highest BCUT2D eigenvalue weighted by atomic mass is 16.4. The minimum Gasteiger partial charge on any atom is -0.503 e. The van der Waals surface area contributed by atoms with Crippen molar-refractivity contribution < 1.29 is 35.6 Å². The van der Waals surface area contributed by atoms with Gasteiger partial charge in [0.2, 0.25) is 17.2 Å². The number of nitrogens with zero attached hydrogens (tertiary/aromatic N) is 1. The molecule has 0 aliphatic heterocycles. The molecular weight excluding hydrogens is 377 g/mol. The fourth-order valence-electron chi connectivity index (χ4n) is 3.34. The molecule has 9 heteroatoms. The fourth-order valence-corrected chi connectivity index (χ4v) is 3.34. The highest BCUT2D eigenvalue weighted by Gasteiger charge is 2.27. The first-order chi connectivity index (χ1) is 13.8. The average molecular weight is 393 g/mol. The molecule has 0 unspecified atom stereocenters. The summed E-state index contributed by atoms with van der Waals surface area (Å²) < 4.78 is 1.39. The van der Waals surface area contributed by atoms with Crippen molar-refractivity contribution in [3.63, 3.8) is 0 Å². The van der Waals surface area contributed by atoms with Crippen LogP contribution in [0.2, 0.25) is 0 Å². The third kappa shape index (κ3) is 2.80. The third-order valence-corrected chi connectivity index (χ3v) is 4.76. The van der Waals surface area contributed by atoms with Gasteiger partial charge in [-0.2, -0.15) is 0 Å². The first-order valence-electron chi connectivity index (χ1n) is 8.57. The van der Waals surface area contributed by atoms with Gasteiger partial charge in [-0.25, -0.2) is 0 Å². The van der Waals surface area contributed by atoms with Crippen LogP contribution in [0.4, 0.5) is 0 Å². The molecule has 0 spiro atoms. The first kappa shape index (κ1) is 18.5. The highest BCUT2D eigenvalue weighted by Crippen LogP contribution is 2.53. The van der Waals surface area contributed by atoms with E-state index in [4.69, 9.17) is 0 Å². The van der Waals surface area contributed by atoms with Crippen LogP contribution in [-0.2, 0) is 0 Å². The van der Waals surface area contributed by atoms with Crippen molar-refractivity contribution in [3.8, 4) is 45.7 Å². The van der Waals surface area contributed by atoms with Gasteiger partial charge in [0, 0.05) is 5.39 Å². The predicted octanol–water partition coefficient (Wildman–Crippen LogP) is 1.51. The van der Waals surface area contributed by atoms with Crippen LogP contribution in [-0.4, -0.2) is 47.3 Å². The zero-order valence-corrected chi connectivity index (χ0v) is 14.9. The summed E-state index contributed by atoms with van der Waals surface area (Å²) in [5.74, 6) is -4.69. The van der Waals surface area contributed by atoms with Crippen molar-refractivity contribution >= 4 is 23.5 Å². The maximum Gasteiger partial charge on any atom is 0.488 e. The summed E-state index contributed by atoms with van der Waals surface area (Å²) in [7, 11) is -1.69. The highest BCUT2D eigenvalue weighted by molar-refractivity contribution is 6.58. The number of phenolic OH excluding ortho intramolecular Hbond substituents is 5. The fraction of sp³-hybridized carbons (Fsp3) is 0. The lowest BCUT2D eigenvalue weighted by Gasteiger charge is -2.17. The van der Waals surface area contributed by atoms with Gasteiger partial charge in [0.05, 0.1) is 11.2 Å². The van der Waals surface area contributed by atoms with Crippen molar-refractivity contribution in [2.45, 2.75) is 0 Å². The van der Waals surface area contributed by atoms with E-state index in [-0.39, 0.29) is 11.2 Å². The average Bonchev–Trinajstić information content (AvgIpc) is 3.10. The minimum atomic E-state index is -1.69. The van der Waals surface area contributed by atoms with Gasteiger partial charge in [-0.05, 0) is 23.2 Å². The quantitative estimate of drug-likeness (QED) is 0.159. The molecule has 8 nitrogen and oxygen atoms in total. The van der Waals surface area contributed by atoms with Crippen LogP contribution in [0.5, 0.6) is 28.7 Å². The topological polar surface area (TPSA) is 147 Å². The molecule has 0 bridgehead atoms. The van der Waals surface area contributed by atoms with Crippen molar-refractivity contribution in [2.24, 2.45) is 0 Å². The van der Waals surface area contributed by atoms with Gasteiger partial charge < -0.3 is 40.1 Å². The predicted molar refractivity (Wildman–Crippen MR) is 107 cm³/mol. The van der Waals surface area contributed by atoms with E-state index in [1.54, 1.807) is 30.3 Å². The second-order valence-electron chi connectivity index (χ2n) is 6.51. The molecule has 0 atom stereocenters. The van der Waals surface area contributed by atoms with E-state index >= 15 is 0 Å². The van der Waals surface area contributed by atoms with Crippen LogP contribution in [0.1, 0.15) is 0 Å². The Labute approximate surface area is 164 Å². The largest absolute Gasteiger partial charge is 0.503 e. The lowest BCUT2D eigenvalue weighted by molar-refractivity contribution is 0.327. The molecule has 0 radical (unpaired) electrons. The maximum atomic E-state index is 10.4. The molecular formula is C20H16BNO7. The molecule has 1 heterocycles. The number of fused-ring (bicyclic) bond motifs is 1. The number of hydrogen-bond acceptors (Lipinski definition) is 7. The summed E-state index contributed by atoms with van der Waals surface area (Å²) in [6.45, 7) is 0. The monoisotopic (exact) mass is 393 g/mol. The Kier molecular flexibility index (Phi) is 4.26. The van der Waals surface area contributed by atoms with E-state index < -0.39 is 35.9 Å². The number of phenols is 5. The Hall–Kier alpha value is -3.82. The van der Waals surface area contributed by atoms with Crippen LogP contribution < -0.4 is 5.46 Å². The molecule has 0 amide bonds. The second kappa shape index (κ2) is 6.66. The Morgan fingerprint density at radius 1 is 0.655 bits per heavy atom. The van der Waals surface area contributed by atoms with Gasteiger partial charge in [0.1, 0.15) is 5.69 Å². The number of hydrogen-bond donors (Lipinski definition) is 7. The van der Waals surface area contributed by atoms with Gasteiger partial charge in [0.15, 0.2) is 11.5 Å². The van der Waals surface area contributed by atoms with E-state index in [2.05, 4.69) is 0 Å². The standard InChI is InChI=1S/C20H16BNO7/c23-16-15(17(24)19(26)20(27)18(16)25)22-13-7-6-12(21(28)29)8-11(13)9-14(22)10-4-2-1-3-5-10/h1-9,23-29H. The molecule has 3 aromatic carbocycles. The Balaban J connectivity index is 2.14. The van der Waals surface area contributed by atoms with Crippen LogP contribution in [0.25, 0.3) is 27.8 Å². The number of rotatable bonds is 3. The lowest BCUT2D eigenvalue weighted by Crippen LogP contribution is -2.29. The molecule has 0 fully saturated rings. The molecule has 0 saturated heterocycles. The number of benzene rings is 3. The van der Waals surface area contributed by atoms with Crippen molar-refractivity contribution in [1.82, 2.24) is 4.57 Å². The number of aromatic hydroxyl groups is 5. The summed E-state index contributed by atoms with van der Waals surface area (Å²) >= 11 is 0. The molecule has 29 heavy (non-hydrogen) atoms. The first-order valence-corrected chi connectivity index (χ1v) is 8.57. The van der Waals surface area contributed by atoms with E-state index in [1.165, 1.54) is 22.8 Å². The smallest absolute Gasteiger partial charge is 0.488 e. The van der Waals surface area contributed by atoms with E-state index in [1.807, 2.05) is 6.07 Å². The Morgan fingerprint density at radius 3 is 1.83 bits per heavy atom. The van der Waals surface area contributed by atoms with Crippen LogP contribution in [0.3, 0.4) is 0 Å². The van der Waals surface area contributed by atoms with Gasteiger partial charge in [-0.1, -0.05) is 42.5 Å². The molecule has 0 aliphatic carbocycles. The molecule has 146 valence electrons. The van der Waals surface area contributed by atoms with Crippen LogP contribution >= 0.6 is 0 Å². The van der Waals surface area contributed by atoms with E-state index in [9.17, 15) is 35.6 Å². The second-order valence-corrected chi connectivity index (χ2v) is 6.51. The van der Waals surface area contributed by atoms with Crippen molar-refractivity contribution in [3.05, 3.63) is 54.6 Å². The summed E-state index contributed by atoms with van der Waals surface area (Å²) in [4.78, 5) is 0. The molecule has 4 rings (SSSR count). The normalized spacial score (nSPS) is 11.1. The van der Waals surface area contributed by atoms with E-state index in [0.717, 1.165) is 0 Å². The third-order valence-electron chi connectivity index (χ3n) is 4.76. The maximum absolute atomic E-state index is 10.4. The van der Waals surface area contributed by atoms with Crippen molar-refractivity contribution in [1.29, 1.82) is 0 Å². The van der Waals surface area contributed by atoms with Crippen LogP contribution in [0.15, 0.2) is 54.6 Å². The lowest BCUT2D eigenvalue weighted by atomic mass is 9.80. The van der Waals surface area contributed by atoms with Gasteiger partial charge in [0.25, 0.3) is 0 Å². The van der Waals surface area contributed by atoms with Gasteiger partial charge in [-0.15, -0.1) is 0 Å². The summed E-state index contributed by atoms with van der Waals surface area (Å²) in [5, 5.41) is 70.0. The summed E-state index contributed by atoms with van der Waals surface area (Å²) in [6, 6.07) is 15.1. The Bertz CT molecular complexity index is 1210. The number of aromatic nitrogens is 1. The molecule has 7 N–H and O–H groups in total. The Morgan fingerprint density at radius 2 is 1.24 bits per heavy atom. The zero-order valence-electron chi connectivity index (χ0n) is 14.9. The van der Waals surface area contributed by atoms with E-state index in [0.29, 0.717) is 22.2 Å². The summed E-state index contributed by atoms with van der Waals surface area (Å²) in [6.07, 6.45) is 0. The van der Waals surface area contributed by atoms with Gasteiger partial charge >= 0.3 is 7.12 Å². The molecule has 0 saturated carbocycles. The minimum absolute atomic E-state index is 0.235. The van der Waals surface area contributed by atoms with Crippen LogP contribution in [0, 0.1) is 0 Å². The van der Waals surface area contributed by atoms with Crippen molar-refractivity contribution in [2.75, 3.05) is 0 Å². The zero-order chi connectivity index (χ0) is 20.9.